The fraction of sp³-hybridized carbons (Fsp3) is 0.533. The van der Waals surface area contributed by atoms with Crippen molar-refractivity contribution in [3.05, 3.63) is 17.7 Å². The number of amides is 1. The van der Waals surface area contributed by atoms with E-state index >= 15 is 0 Å². The summed E-state index contributed by atoms with van der Waals surface area (Å²) in [5.74, 6) is 1.44. The molecule has 2 N–H and O–H groups in total. The molecule has 1 saturated heterocycles. The van der Waals surface area contributed by atoms with Gasteiger partial charge in [-0.2, -0.15) is 0 Å². The Morgan fingerprint density at radius 1 is 1.30 bits per heavy atom. The van der Waals surface area contributed by atoms with Gasteiger partial charge in [0.05, 0.1) is 25.8 Å². The van der Waals surface area contributed by atoms with Crippen molar-refractivity contribution in [3.8, 4) is 11.5 Å². The summed E-state index contributed by atoms with van der Waals surface area (Å²) >= 11 is 0. The SMILES string of the molecule is COc1cc(NC(=O)C2CCCNC2)c(OC)cc1C. The van der Waals surface area contributed by atoms with Crippen LogP contribution in [0.25, 0.3) is 0 Å². The second-order valence-corrected chi connectivity index (χ2v) is 5.05. The number of aryl methyl sites for hydroxylation is 1. The van der Waals surface area contributed by atoms with Crippen LogP contribution in [-0.2, 0) is 4.79 Å². The van der Waals surface area contributed by atoms with Gasteiger partial charge in [0.15, 0.2) is 0 Å². The van der Waals surface area contributed by atoms with E-state index in [0.29, 0.717) is 11.4 Å². The van der Waals surface area contributed by atoms with Gasteiger partial charge in [0, 0.05) is 12.6 Å². The molecule has 2 rings (SSSR count). The number of benzene rings is 1. The summed E-state index contributed by atoms with van der Waals surface area (Å²) in [4.78, 5) is 12.3. The number of hydrogen-bond acceptors (Lipinski definition) is 4. The van der Waals surface area contributed by atoms with Crippen molar-refractivity contribution >= 4 is 11.6 Å². The third kappa shape index (κ3) is 3.22. The van der Waals surface area contributed by atoms with Crippen LogP contribution in [0.2, 0.25) is 0 Å². The predicted octanol–water partition coefficient (Wildman–Crippen LogP) is 1.95. The van der Waals surface area contributed by atoms with E-state index < -0.39 is 0 Å². The van der Waals surface area contributed by atoms with Gasteiger partial charge in [-0.25, -0.2) is 0 Å². The number of rotatable bonds is 4. The quantitative estimate of drug-likeness (QED) is 0.884. The minimum atomic E-state index is 0.0146. The predicted molar refractivity (Wildman–Crippen MR) is 78.5 cm³/mol. The minimum Gasteiger partial charge on any atom is -0.496 e. The molecule has 1 aromatic carbocycles. The third-order valence-corrected chi connectivity index (χ3v) is 3.64. The molecular formula is C15H22N2O3. The maximum Gasteiger partial charge on any atom is 0.228 e. The first kappa shape index (κ1) is 14.7. The maximum absolute atomic E-state index is 12.3. The molecule has 0 bridgehead atoms. The molecule has 0 aromatic heterocycles. The second-order valence-electron chi connectivity index (χ2n) is 5.05. The van der Waals surface area contributed by atoms with Crippen molar-refractivity contribution in [2.45, 2.75) is 19.8 Å². The van der Waals surface area contributed by atoms with Crippen LogP contribution in [0.5, 0.6) is 11.5 Å². The zero-order valence-corrected chi connectivity index (χ0v) is 12.3. The van der Waals surface area contributed by atoms with Gasteiger partial charge >= 0.3 is 0 Å². The topological polar surface area (TPSA) is 59.6 Å². The van der Waals surface area contributed by atoms with Crippen LogP contribution in [0, 0.1) is 12.8 Å². The Labute approximate surface area is 119 Å². The summed E-state index contributed by atoms with van der Waals surface area (Å²) in [5, 5.41) is 6.19. The molecule has 110 valence electrons. The van der Waals surface area contributed by atoms with Gasteiger partial charge in [-0.15, -0.1) is 0 Å². The first-order valence-electron chi connectivity index (χ1n) is 6.90. The number of carbonyl (C=O) groups is 1. The van der Waals surface area contributed by atoms with E-state index in [2.05, 4.69) is 10.6 Å². The molecule has 1 aromatic rings. The first-order chi connectivity index (χ1) is 9.65. The summed E-state index contributed by atoms with van der Waals surface area (Å²) in [5.41, 5.74) is 1.63. The summed E-state index contributed by atoms with van der Waals surface area (Å²) in [6.07, 6.45) is 1.95. The zero-order chi connectivity index (χ0) is 14.5. The van der Waals surface area contributed by atoms with Crippen LogP contribution >= 0.6 is 0 Å². The molecule has 1 amide bonds. The lowest BCUT2D eigenvalue weighted by Crippen LogP contribution is -2.37. The highest BCUT2D eigenvalue weighted by Gasteiger charge is 2.22. The van der Waals surface area contributed by atoms with Crippen LogP contribution in [-0.4, -0.2) is 33.2 Å². The van der Waals surface area contributed by atoms with E-state index in [1.807, 2.05) is 19.1 Å². The van der Waals surface area contributed by atoms with Crippen molar-refractivity contribution in [2.24, 2.45) is 5.92 Å². The molecular weight excluding hydrogens is 256 g/mol. The summed E-state index contributed by atoms with van der Waals surface area (Å²) in [7, 11) is 3.21. The number of methoxy groups -OCH3 is 2. The zero-order valence-electron chi connectivity index (χ0n) is 12.3. The van der Waals surface area contributed by atoms with Crippen molar-refractivity contribution < 1.29 is 14.3 Å². The van der Waals surface area contributed by atoms with Crippen molar-refractivity contribution in [1.29, 1.82) is 0 Å². The van der Waals surface area contributed by atoms with E-state index in [0.717, 1.165) is 37.2 Å². The Morgan fingerprint density at radius 2 is 2.05 bits per heavy atom. The molecule has 5 nitrogen and oxygen atoms in total. The van der Waals surface area contributed by atoms with Gasteiger partial charge in [0.25, 0.3) is 0 Å². The van der Waals surface area contributed by atoms with Crippen LogP contribution in [0.1, 0.15) is 18.4 Å². The second kappa shape index (κ2) is 6.61. The number of nitrogens with one attached hydrogen (secondary N) is 2. The van der Waals surface area contributed by atoms with Crippen LogP contribution in [0.4, 0.5) is 5.69 Å². The van der Waals surface area contributed by atoms with Gasteiger partial charge in [0.1, 0.15) is 11.5 Å². The molecule has 20 heavy (non-hydrogen) atoms. The third-order valence-electron chi connectivity index (χ3n) is 3.64. The molecule has 1 aliphatic heterocycles. The van der Waals surface area contributed by atoms with E-state index in [1.165, 1.54) is 0 Å². The lowest BCUT2D eigenvalue weighted by atomic mass is 9.98. The Hall–Kier alpha value is -1.75. The Morgan fingerprint density at radius 3 is 2.65 bits per heavy atom. The van der Waals surface area contributed by atoms with Gasteiger partial charge < -0.3 is 20.1 Å². The summed E-state index contributed by atoms with van der Waals surface area (Å²) < 4.78 is 10.6. The first-order valence-corrected chi connectivity index (χ1v) is 6.90. The fourth-order valence-corrected chi connectivity index (χ4v) is 2.46. The van der Waals surface area contributed by atoms with Crippen molar-refractivity contribution in [2.75, 3.05) is 32.6 Å². The van der Waals surface area contributed by atoms with Crippen LogP contribution in [0.15, 0.2) is 12.1 Å². The van der Waals surface area contributed by atoms with E-state index in [9.17, 15) is 4.79 Å². The number of piperidine rings is 1. The van der Waals surface area contributed by atoms with Gasteiger partial charge in [-0.1, -0.05) is 0 Å². The van der Waals surface area contributed by atoms with Gasteiger partial charge in [0.2, 0.25) is 5.91 Å². The van der Waals surface area contributed by atoms with Crippen LogP contribution < -0.4 is 20.1 Å². The number of ether oxygens (including phenoxy) is 2. The van der Waals surface area contributed by atoms with E-state index in [4.69, 9.17) is 9.47 Å². The number of carbonyl (C=O) groups excluding carboxylic acids is 1. The molecule has 1 unspecified atom stereocenters. The Balaban J connectivity index is 2.16. The fourth-order valence-electron chi connectivity index (χ4n) is 2.46. The summed E-state index contributed by atoms with van der Waals surface area (Å²) in [6.45, 7) is 3.67. The smallest absolute Gasteiger partial charge is 0.228 e. The average Bonchev–Trinajstić information content (AvgIpc) is 2.49. The van der Waals surface area contributed by atoms with E-state index in [1.54, 1.807) is 14.2 Å². The standard InChI is InChI=1S/C15H22N2O3/c1-10-7-14(20-3)12(8-13(10)19-2)17-15(18)11-5-4-6-16-9-11/h7-8,11,16H,4-6,9H2,1-3H3,(H,17,18). The van der Waals surface area contributed by atoms with Gasteiger partial charge in [-0.05, 0) is 37.9 Å². The monoisotopic (exact) mass is 278 g/mol. The Bertz CT molecular complexity index is 482. The molecule has 0 aliphatic carbocycles. The maximum atomic E-state index is 12.3. The van der Waals surface area contributed by atoms with Crippen molar-refractivity contribution in [3.63, 3.8) is 0 Å². The highest BCUT2D eigenvalue weighted by Crippen LogP contribution is 2.32. The largest absolute Gasteiger partial charge is 0.496 e. The molecule has 5 heteroatoms. The van der Waals surface area contributed by atoms with Gasteiger partial charge in [-0.3, -0.25) is 4.79 Å². The molecule has 1 heterocycles. The summed E-state index contributed by atoms with van der Waals surface area (Å²) in [6, 6.07) is 3.68. The molecule has 0 saturated carbocycles. The molecule has 1 atom stereocenters. The Kier molecular flexibility index (Phi) is 4.84. The number of hydrogen-bond donors (Lipinski definition) is 2. The highest BCUT2D eigenvalue weighted by atomic mass is 16.5. The molecule has 0 radical (unpaired) electrons. The van der Waals surface area contributed by atoms with E-state index in [-0.39, 0.29) is 11.8 Å². The molecule has 1 aliphatic rings. The number of anilines is 1. The molecule has 1 fully saturated rings. The average molecular weight is 278 g/mol. The van der Waals surface area contributed by atoms with Crippen molar-refractivity contribution in [1.82, 2.24) is 5.32 Å². The van der Waals surface area contributed by atoms with Crippen LogP contribution in [0.3, 0.4) is 0 Å². The molecule has 0 spiro atoms. The lowest BCUT2D eigenvalue weighted by Gasteiger charge is -2.22. The highest BCUT2D eigenvalue weighted by molar-refractivity contribution is 5.94. The lowest BCUT2D eigenvalue weighted by molar-refractivity contribution is -0.120. The minimum absolute atomic E-state index is 0.0146. The normalized spacial score (nSPS) is 18.4.